The highest BCUT2D eigenvalue weighted by Gasteiger charge is 2.34. The maximum atomic E-state index is 6.51. The molecule has 0 saturated heterocycles. The van der Waals surface area contributed by atoms with Crippen molar-refractivity contribution in [3.8, 4) is 23.1 Å². The van der Waals surface area contributed by atoms with Gasteiger partial charge in [0.2, 0.25) is 5.88 Å². The first-order valence-corrected chi connectivity index (χ1v) is 13.1. The number of nitrogens with zero attached hydrogens (tertiary/aromatic N) is 5. The van der Waals surface area contributed by atoms with Crippen LogP contribution in [0.4, 0.5) is 0 Å². The average Bonchev–Trinajstić information content (AvgIpc) is 3.45. The number of hydrogen-bond donors (Lipinski definition) is 0. The van der Waals surface area contributed by atoms with Gasteiger partial charge in [0, 0.05) is 16.9 Å². The molecule has 0 N–H and O–H groups in total. The second-order valence-electron chi connectivity index (χ2n) is 9.53. The van der Waals surface area contributed by atoms with Crippen LogP contribution in [0.1, 0.15) is 34.0 Å². The van der Waals surface area contributed by atoms with E-state index in [0.717, 1.165) is 38.8 Å². The SMILES string of the molecule is COc1ccc([C@@H]2c3ccc4ccccc4c3Oc3ncn4nc(CO/N=C\c5ccccc5)nc4c32)cc1OC. The Bertz CT molecular complexity index is 1920. The molecule has 1 aliphatic rings. The smallest absolute Gasteiger partial charge is 0.228 e. The van der Waals surface area contributed by atoms with Crippen LogP contribution in [-0.4, -0.2) is 40.0 Å². The fourth-order valence-corrected chi connectivity index (χ4v) is 5.26. The second-order valence-corrected chi connectivity index (χ2v) is 9.53. The van der Waals surface area contributed by atoms with Crippen molar-refractivity contribution in [3.63, 3.8) is 0 Å². The van der Waals surface area contributed by atoms with Crippen LogP contribution in [0.15, 0.2) is 96.4 Å². The van der Waals surface area contributed by atoms with Gasteiger partial charge in [0.05, 0.1) is 26.0 Å². The predicted octanol–water partition coefficient (Wildman–Crippen LogP) is 6.13. The Balaban J connectivity index is 1.34. The van der Waals surface area contributed by atoms with Crippen molar-refractivity contribution in [3.05, 3.63) is 119 Å². The molecule has 0 fully saturated rings. The predicted molar refractivity (Wildman–Crippen MR) is 154 cm³/mol. The first-order chi connectivity index (χ1) is 20.2. The monoisotopic (exact) mass is 543 g/mol. The van der Waals surface area contributed by atoms with Crippen molar-refractivity contribution in [1.82, 2.24) is 19.6 Å². The molecule has 0 bridgehead atoms. The molecule has 0 amide bonds. The van der Waals surface area contributed by atoms with Crippen molar-refractivity contribution in [2.75, 3.05) is 14.2 Å². The Kier molecular flexibility index (Phi) is 6.16. The molecule has 0 aliphatic carbocycles. The van der Waals surface area contributed by atoms with E-state index in [0.29, 0.717) is 28.9 Å². The third-order valence-electron chi connectivity index (χ3n) is 7.15. The molecule has 0 unspecified atom stereocenters. The number of hydrogen-bond acceptors (Lipinski definition) is 8. The summed E-state index contributed by atoms with van der Waals surface area (Å²) >= 11 is 0. The van der Waals surface area contributed by atoms with Gasteiger partial charge in [0.25, 0.3) is 0 Å². The average molecular weight is 544 g/mol. The lowest BCUT2D eigenvalue weighted by molar-refractivity contribution is 0.126. The highest BCUT2D eigenvalue weighted by atomic mass is 16.6. The van der Waals surface area contributed by atoms with Crippen LogP contribution in [0.2, 0.25) is 0 Å². The van der Waals surface area contributed by atoms with E-state index < -0.39 is 0 Å². The van der Waals surface area contributed by atoms with Crippen LogP contribution < -0.4 is 14.2 Å². The molecule has 6 aromatic rings. The molecular weight excluding hydrogens is 518 g/mol. The van der Waals surface area contributed by atoms with E-state index in [1.54, 1.807) is 31.3 Å². The lowest BCUT2D eigenvalue weighted by Gasteiger charge is -2.29. The standard InChI is InChI=1S/C32H25N5O4/c1-38-25-15-13-22(16-26(25)39-2)28-24-14-12-21-10-6-7-11-23(21)30(24)41-32-29(28)31-35-27(36-37(31)19-33-32)18-40-34-17-20-8-4-3-5-9-20/h3-17,19,28H,18H2,1-2H3/b34-17-/t28-/m1/s1. The van der Waals surface area contributed by atoms with E-state index >= 15 is 0 Å². The van der Waals surface area contributed by atoms with Gasteiger partial charge in [-0.25, -0.2) is 14.5 Å². The fraction of sp³-hybridized carbons (Fsp3) is 0.125. The Labute approximate surface area is 235 Å². The number of fused-ring (bicyclic) bond motifs is 6. The first kappa shape index (κ1) is 24.6. The number of oxime groups is 1. The van der Waals surface area contributed by atoms with Gasteiger partial charge < -0.3 is 19.0 Å². The second kappa shape index (κ2) is 10.3. The van der Waals surface area contributed by atoms with Crippen LogP contribution in [-0.2, 0) is 11.4 Å². The van der Waals surface area contributed by atoms with Gasteiger partial charge in [0.1, 0.15) is 12.1 Å². The van der Waals surface area contributed by atoms with Crippen molar-refractivity contribution >= 4 is 22.6 Å². The van der Waals surface area contributed by atoms with Crippen molar-refractivity contribution in [1.29, 1.82) is 0 Å². The number of ether oxygens (including phenoxy) is 3. The molecule has 2 aromatic heterocycles. The number of benzene rings is 4. The maximum Gasteiger partial charge on any atom is 0.228 e. The maximum absolute atomic E-state index is 6.51. The summed E-state index contributed by atoms with van der Waals surface area (Å²) in [5, 5.41) is 10.8. The Hall–Kier alpha value is -5.44. The van der Waals surface area contributed by atoms with Crippen molar-refractivity contribution in [2.45, 2.75) is 12.5 Å². The third-order valence-corrected chi connectivity index (χ3v) is 7.15. The largest absolute Gasteiger partial charge is 0.493 e. The van der Waals surface area contributed by atoms with Gasteiger partial charge in [-0.15, -0.1) is 5.10 Å². The third kappa shape index (κ3) is 4.37. The zero-order chi connectivity index (χ0) is 27.8. The minimum absolute atomic E-state index is 0.100. The molecule has 4 aromatic carbocycles. The molecule has 3 heterocycles. The highest BCUT2D eigenvalue weighted by molar-refractivity contribution is 5.91. The summed E-state index contributed by atoms with van der Waals surface area (Å²) in [6, 6.07) is 28.0. The van der Waals surface area contributed by atoms with Gasteiger partial charge >= 0.3 is 0 Å². The van der Waals surface area contributed by atoms with Gasteiger partial charge in [-0.3, -0.25) is 0 Å². The van der Waals surface area contributed by atoms with E-state index in [1.165, 1.54) is 0 Å². The molecule has 9 nitrogen and oxygen atoms in total. The Morgan fingerprint density at radius 3 is 2.61 bits per heavy atom. The number of methoxy groups -OCH3 is 2. The summed E-state index contributed by atoms with van der Waals surface area (Å²) in [6.45, 7) is 0.100. The molecule has 202 valence electrons. The molecule has 1 atom stereocenters. The lowest BCUT2D eigenvalue weighted by Crippen LogP contribution is -2.15. The molecule has 0 saturated carbocycles. The molecular formula is C32H25N5O4. The molecule has 7 rings (SSSR count). The van der Waals surface area contributed by atoms with E-state index in [-0.39, 0.29) is 12.5 Å². The summed E-state index contributed by atoms with van der Waals surface area (Å²) in [5.41, 5.74) is 4.33. The summed E-state index contributed by atoms with van der Waals surface area (Å²) < 4.78 is 19.3. The Morgan fingerprint density at radius 1 is 0.927 bits per heavy atom. The lowest BCUT2D eigenvalue weighted by atomic mass is 9.82. The van der Waals surface area contributed by atoms with E-state index in [2.05, 4.69) is 39.5 Å². The van der Waals surface area contributed by atoms with Crippen LogP contribution >= 0.6 is 0 Å². The van der Waals surface area contributed by atoms with Gasteiger partial charge in [-0.2, -0.15) is 0 Å². The molecule has 1 aliphatic heterocycles. The minimum Gasteiger partial charge on any atom is -0.493 e. The summed E-state index contributed by atoms with van der Waals surface area (Å²) in [7, 11) is 3.26. The summed E-state index contributed by atoms with van der Waals surface area (Å²) in [6.07, 6.45) is 3.26. The van der Waals surface area contributed by atoms with E-state index in [4.69, 9.17) is 24.0 Å². The fourth-order valence-electron chi connectivity index (χ4n) is 5.26. The molecule has 9 heteroatoms. The van der Waals surface area contributed by atoms with Crippen molar-refractivity contribution in [2.24, 2.45) is 5.16 Å². The van der Waals surface area contributed by atoms with Gasteiger partial charge in [0.15, 0.2) is 29.6 Å². The molecule has 41 heavy (non-hydrogen) atoms. The summed E-state index contributed by atoms with van der Waals surface area (Å²) in [5.74, 6) is 2.74. The topological polar surface area (TPSA) is 92.4 Å². The van der Waals surface area contributed by atoms with E-state index in [1.807, 2.05) is 60.7 Å². The zero-order valence-corrected chi connectivity index (χ0v) is 22.4. The normalized spacial score (nSPS) is 14.0. The van der Waals surface area contributed by atoms with Crippen LogP contribution in [0.25, 0.3) is 16.4 Å². The van der Waals surface area contributed by atoms with Crippen molar-refractivity contribution < 1.29 is 19.0 Å². The van der Waals surface area contributed by atoms with Crippen LogP contribution in [0.3, 0.4) is 0 Å². The van der Waals surface area contributed by atoms with E-state index in [9.17, 15) is 0 Å². The van der Waals surface area contributed by atoms with Crippen LogP contribution in [0.5, 0.6) is 23.1 Å². The quantitative estimate of drug-likeness (QED) is 0.176. The molecule has 0 spiro atoms. The minimum atomic E-state index is -0.261. The zero-order valence-electron chi connectivity index (χ0n) is 22.4. The Morgan fingerprint density at radius 2 is 1.76 bits per heavy atom. The summed E-state index contributed by atoms with van der Waals surface area (Å²) in [4.78, 5) is 15.0. The highest BCUT2D eigenvalue weighted by Crippen LogP contribution is 2.51. The van der Waals surface area contributed by atoms with Gasteiger partial charge in [-0.05, 0) is 28.6 Å². The first-order valence-electron chi connectivity index (χ1n) is 13.1. The molecule has 0 radical (unpaired) electrons. The number of aromatic nitrogens is 4. The number of rotatable bonds is 7. The van der Waals surface area contributed by atoms with Crippen LogP contribution in [0, 0.1) is 0 Å². The van der Waals surface area contributed by atoms with Gasteiger partial charge in [-0.1, -0.05) is 78.0 Å².